The van der Waals surface area contributed by atoms with Crippen molar-refractivity contribution in [2.45, 2.75) is 51.6 Å². The van der Waals surface area contributed by atoms with Crippen LogP contribution in [0, 0.1) is 0 Å². The first kappa shape index (κ1) is 12.4. The molecule has 0 heterocycles. The molecular weight excluding hydrogens is 208 g/mol. The summed E-state index contributed by atoms with van der Waals surface area (Å²) >= 11 is 0. The Hall–Kier alpha value is -1.02. The predicted octanol–water partition coefficient (Wildman–Crippen LogP) is 3.48. The van der Waals surface area contributed by atoms with Gasteiger partial charge in [0.25, 0.3) is 0 Å². The Morgan fingerprint density at radius 1 is 1.35 bits per heavy atom. The van der Waals surface area contributed by atoms with Crippen LogP contribution in [0.4, 0.5) is 5.69 Å². The number of hydrogen-bond donors (Lipinski definition) is 1. The van der Waals surface area contributed by atoms with Crippen molar-refractivity contribution in [2.24, 2.45) is 5.73 Å². The van der Waals surface area contributed by atoms with Crippen LogP contribution in [0.15, 0.2) is 24.3 Å². The molecule has 1 aliphatic rings. The van der Waals surface area contributed by atoms with Gasteiger partial charge in [-0.05, 0) is 37.8 Å². The minimum atomic E-state index is 0.120. The van der Waals surface area contributed by atoms with Crippen molar-refractivity contribution in [1.29, 1.82) is 0 Å². The molecule has 0 saturated heterocycles. The summed E-state index contributed by atoms with van der Waals surface area (Å²) in [6.45, 7) is 5.50. The van der Waals surface area contributed by atoms with Crippen molar-refractivity contribution >= 4 is 5.69 Å². The number of nitrogens with zero attached hydrogens (tertiary/aromatic N) is 1. The van der Waals surface area contributed by atoms with Crippen LogP contribution in [-0.4, -0.2) is 12.6 Å². The zero-order chi connectivity index (χ0) is 12.3. The lowest BCUT2D eigenvalue weighted by Gasteiger charge is -2.28. The first-order valence-corrected chi connectivity index (χ1v) is 6.85. The molecule has 17 heavy (non-hydrogen) atoms. The van der Waals surface area contributed by atoms with Gasteiger partial charge in [0, 0.05) is 24.3 Å². The van der Waals surface area contributed by atoms with Crippen LogP contribution in [0.2, 0.25) is 0 Å². The summed E-state index contributed by atoms with van der Waals surface area (Å²) < 4.78 is 0. The highest BCUT2D eigenvalue weighted by Crippen LogP contribution is 2.35. The van der Waals surface area contributed by atoms with Gasteiger partial charge in [-0.1, -0.05) is 31.5 Å². The van der Waals surface area contributed by atoms with Crippen molar-refractivity contribution < 1.29 is 0 Å². The number of hydrogen-bond acceptors (Lipinski definition) is 2. The summed E-state index contributed by atoms with van der Waals surface area (Å²) in [5, 5.41) is 0. The van der Waals surface area contributed by atoms with Crippen molar-refractivity contribution in [3.63, 3.8) is 0 Å². The molecule has 2 heteroatoms. The third-order valence-electron chi connectivity index (χ3n) is 3.48. The summed E-state index contributed by atoms with van der Waals surface area (Å²) in [6.07, 6.45) is 5.21. The van der Waals surface area contributed by atoms with Gasteiger partial charge >= 0.3 is 0 Å². The van der Waals surface area contributed by atoms with Gasteiger partial charge in [0.15, 0.2) is 0 Å². The number of para-hydroxylation sites is 1. The molecule has 94 valence electrons. The van der Waals surface area contributed by atoms with Crippen LogP contribution in [0.3, 0.4) is 0 Å². The molecule has 1 fully saturated rings. The van der Waals surface area contributed by atoms with Crippen LogP contribution in [0.5, 0.6) is 0 Å². The van der Waals surface area contributed by atoms with Crippen molar-refractivity contribution in [2.75, 3.05) is 11.4 Å². The molecule has 1 aromatic carbocycles. The quantitative estimate of drug-likeness (QED) is 0.813. The van der Waals surface area contributed by atoms with Gasteiger partial charge in [0.2, 0.25) is 0 Å². The number of unbranched alkanes of at least 4 members (excludes halogenated alkanes) is 1. The molecule has 0 unspecified atom stereocenters. The summed E-state index contributed by atoms with van der Waals surface area (Å²) in [5.74, 6) is 0. The Labute approximate surface area is 105 Å². The smallest absolute Gasteiger partial charge is 0.0417 e. The first-order chi connectivity index (χ1) is 8.24. The number of rotatable bonds is 6. The van der Waals surface area contributed by atoms with E-state index in [0.717, 1.165) is 6.04 Å². The molecule has 0 radical (unpaired) electrons. The van der Waals surface area contributed by atoms with Gasteiger partial charge in [0.05, 0.1) is 0 Å². The Morgan fingerprint density at radius 3 is 2.65 bits per heavy atom. The van der Waals surface area contributed by atoms with Crippen LogP contribution >= 0.6 is 0 Å². The minimum Gasteiger partial charge on any atom is -0.368 e. The molecule has 1 aliphatic carbocycles. The van der Waals surface area contributed by atoms with E-state index in [-0.39, 0.29) is 6.04 Å². The second-order valence-electron chi connectivity index (χ2n) is 5.13. The molecule has 0 bridgehead atoms. The maximum absolute atomic E-state index is 6.07. The highest BCUT2D eigenvalue weighted by Gasteiger charge is 2.30. The van der Waals surface area contributed by atoms with Crippen LogP contribution < -0.4 is 10.6 Å². The van der Waals surface area contributed by atoms with Gasteiger partial charge in [-0.3, -0.25) is 0 Å². The SMILES string of the molecule is CCCCN(c1ccccc1[C@@H](C)N)C1CC1. The Bertz CT molecular complexity index is 356. The summed E-state index contributed by atoms with van der Waals surface area (Å²) in [6, 6.07) is 9.50. The van der Waals surface area contributed by atoms with E-state index in [1.807, 2.05) is 0 Å². The van der Waals surface area contributed by atoms with Gasteiger partial charge in [-0.25, -0.2) is 0 Å². The first-order valence-electron chi connectivity index (χ1n) is 6.85. The molecule has 2 nitrogen and oxygen atoms in total. The minimum absolute atomic E-state index is 0.120. The highest BCUT2D eigenvalue weighted by molar-refractivity contribution is 5.56. The van der Waals surface area contributed by atoms with E-state index in [0.29, 0.717) is 0 Å². The molecule has 1 saturated carbocycles. The third kappa shape index (κ3) is 3.01. The van der Waals surface area contributed by atoms with E-state index in [2.05, 4.69) is 43.0 Å². The van der Waals surface area contributed by atoms with Gasteiger partial charge < -0.3 is 10.6 Å². The van der Waals surface area contributed by atoms with E-state index < -0.39 is 0 Å². The zero-order valence-electron chi connectivity index (χ0n) is 11.0. The zero-order valence-corrected chi connectivity index (χ0v) is 11.0. The van der Waals surface area contributed by atoms with Crippen molar-refractivity contribution in [1.82, 2.24) is 0 Å². The average molecular weight is 232 g/mol. The van der Waals surface area contributed by atoms with Crippen LogP contribution in [-0.2, 0) is 0 Å². The van der Waals surface area contributed by atoms with Crippen LogP contribution in [0.1, 0.15) is 51.1 Å². The molecule has 0 aromatic heterocycles. The van der Waals surface area contributed by atoms with E-state index >= 15 is 0 Å². The van der Waals surface area contributed by atoms with Gasteiger partial charge in [-0.2, -0.15) is 0 Å². The highest BCUT2D eigenvalue weighted by atomic mass is 15.2. The molecule has 0 aliphatic heterocycles. The van der Waals surface area contributed by atoms with Gasteiger partial charge in [-0.15, -0.1) is 0 Å². The predicted molar refractivity (Wildman–Crippen MR) is 74.3 cm³/mol. The number of benzene rings is 1. The van der Waals surface area contributed by atoms with E-state index in [1.54, 1.807) is 0 Å². The van der Waals surface area contributed by atoms with E-state index in [4.69, 9.17) is 5.73 Å². The fourth-order valence-corrected chi connectivity index (χ4v) is 2.35. The third-order valence-corrected chi connectivity index (χ3v) is 3.48. The molecule has 1 atom stereocenters. The van der Waals surface area contributed by atoms with Crippen LogP contribution in [0.25, 0.3) is 0 Å². The summed E-state index contributed by atoms with van der Waals surface area (Å²) in [7, 11) is 0. The largest absolute Gasteiger partial charge is 0.368 e. The molecule has 1 aromatic rings. The monoisotopic (exact) mass is 232 g/mol. The maximum atomic E-state index is 6.07. The second-order valence-corrected chi connectivity index (χ2v) is 5.13. The lowest BCUT2D eigenvalue weighted by molar-refractivity contribution is 0.702. The number of nitrogens with two attached hydrogens (primary N) is 1. The molecule has 0 spiro atoms. The van der Waals surface area contributed by atoms with Crippen molar-refractivity contribution in [3.8, 4) is 0 Å². The average Bonchev–Trinajstić information content (AvgIpc) is 3.14. The fraction of sp³-hybridized carbons (Fsp3) is 0.600. The fourth-order valence-electron chi connectivity index (χ4n) is 2.35. The number of anilines is 1. The van der Waals surface area contributed by atoms with E-state index in [9.17, 15) is 0 Å². The molecule has 2 N–H and O–H groups in total. The summed E-state index contributed by atoms with van der Waals surface area (Å²) in [4.78, 5) is 2.57. The Balaban J connectivity index is 2.22. The Kier molecular flexibility index (Phi) is 4.06. The normalized spacial score (nSPS) is 16.9. The summed E-state index contributed by atoms with van der Waals surface area (Å²) in [5.41, 5.74) is 8.72. The molecular formula is C15H24N2. The molecule has 2 rings (SSSR count). The topological polar surface area (TPSA) is 29.3 Å². The standard InChI is InChI=1S/C15H24N2/c1-3-4-11-17(13-9-10-13)15-8-6-5-7-14(15)12(2)16/h5-8,12-13H,3-4,9-11,16H2,1-2H3/t12-/m1/s1. The Morgan fingerprint density at radius 2 is 2.06 bits per heavy atom. The molecule has 0 amide bonds. The lowest BCUT2D eigenvalue weighted by atomic mass is 10.1. The van der Waals surface area contributed by atoms with Gasteiger partial charge in [0.1, 0.15) is 0 Å². The van der Waals surface area contributed by atoms with E-state index in [1.165, 1.54) is 43.5 Å². The van der Waals surface area contributed by atoms with Crippen molar-refractivity contribution in [3.05, 3.63) is 29.8 Å². The maximum Gasteiger partial charge on any atom is 0.0417 e. The second kappa shape index (κ2) is 5.54. The lowest BCUT2D eigenvalue weighted by Crippen LogP contribution is -2.28.